The van der Waals surface area contributed by atoms with Crippen molar-refractivity contribution in [2.24, 2.45) is 5.92 Å². The highest BCUT2D eigenvalue weighted by atomic mass is 16.5. The van der Waals surface area contributed by atoms with Gasteiger partial charge in [-0.05, 0) is 36.6 Å². The monoisotopic (exact) mass is 339 g/mol. The number of fused-ring (bicyclic) bond motifs is 4. The molecular weight excluding hydrogens is 318 g/mol. The molecule has 1 aromatic heterocycles. The second kappa shape index (κ2) is 6.27. The molecule has 130 valence electrons. The van der Waals surface area contributed by atoms with E-state index in [9.17, 15) is 9.59 Å². The number of anilines is 1. The van der Waals surface area contributed by atoms with Crippen LogP contribution < -0.4 is 16.0 Å². The Kier molecular flexibility index (Phi) is 3.95. The second-order valence-electron chi connectivity index (χ2n) is 6.83. The van der Waals surface area contributed by atoms with Crippen molar-refractivity contribution in [1.82, 2.24) is 9.47 Å². The van der Waals surface area contributed by atoms with E-state index in [0.29, 0.717) is 25.4 Å². The van der Waals surface area contributed by atoms with E-state index < -0.39 is 0 Å². The number of benzene rings is 1. The third-order valence-corrected chi connectivity index (χ3v) is 5.09. The van der Waals surface area contributed by atoms with Gasteiger partial charge < -0.3 is 19.9 Å². The molecule has 0 saturated carbocycles. The van der Waals surface area contributed by atoms with E-state index in [1.807, 2.05) is 41.3 Å². The van der Waals surface area contributed by atoms with Gasteiger partial charge in [-0.15, -0.1) is 0 Å². The normalized spacial score (nSPS) is 21.5. The zero-order valence-corrected chi connectivity index (χ0v) is 13.9. The summed E-state index contributed by atoms with van der Waals surface area (Å²) in [5.41, 5.74) is 6.91. The summed E-state index contributed by atoms with van der Waals surface area (Å²) in [7, 11) is 0. The first kappa shape index (κ1) is 15.7. The largest absolute Gasteiger partial charge is 0.484 e. The van der Waals surface area contributed by atoms with E-state index >= 15 is 0 Å². The van der Waals surface area contributed by atoms with Gasteiger partial charge in [0.2, 0.25) is 0 Å². The fourth-order valence-electron chi connectivity index (χ4n) is 3.92. The topological polar surface area (TPSA) is 77.6 Å². The van der Waals surface area contributed by atoms with Crippen LogP contribution in [0.1, 0.15) is 18.0 Å². The summed E-state index contributed by atoms with van der Waals surface area (Å²) >= 11 is 0. The van der Waals surface area contributed by atoms with E-state index in [4.69, 9.17) is 10.5 Å². The number of rotatable bonds is 3. The number of piperidine rings is 1. The second-order valence-corrected chi connectivity index (χ2v) is 6.83. The van der Waals surface area contributed by atoms with E-state index in [0.717, 1.165) is 12.1 Å². The fraction of sp³-hybridized carbons (Fsp3) is 0.368. The Balaban J connectivity index is 1.47. The van der Waals surface area contributed by atoms with Crippen LogP contribution in [0.4, 0.5) is 5.69 Å². The van der Waals surface area contributed by atoms with E-state index in [2.05, 4.69) is 0 Å². The predicted molar refractivity (Wildman–Crippen MR) is 94.5 cm³/mol. The lowest BCUT2D eigenvalue weighted by Crippen LogP contribution is -2.50. The minimum absolute atomic E-state index is 0.00945. The van der Waals surface area contributed by atoms with Crippen LogP contribution in [0.15, 0.2) is 47.3 Å². The summed E-state index contributed by atoms with van der Waals surface area (Å²) in [6.07, 6.45) is 1.01. The number of likely N-dealkylation sites (tertiary alicyclic amines) is 1. The molecule has 6 nitrogen and oxygen atoms in total. The highest BCUT2D eigenvalue weighted by Gasteiger charge is 2.36. The molecule has 6 heteroatoms. The Morgan fingerprint density at radius 2 is 1.92 bits per heavy atom. The minimum Gasteiger partial charge on any atom is -0.484 e. The van der Waals surface area contributed by atoms with Crippen LogP contribution >= 0.6 is 0 Å². The van der Waals surface area contributed by atoms with Crippen LogP contribution in [-0.4, -0.2) is 35.1 Å². The summed E-state index contributed by atoms with van der Waals surface area (Å²) in [6, 6.07) is 12.9. The van der Waals surface area contributed by atoms with Crippen molar-refractivity contribution in [3.05, 3.63) is 58.5 Å². The average Bonchev–Trinajstić information content (AvgIpc) is 2.64. The molecule has 1 saturated heterocycles. The van der Waals surface area contributed by atoms with Crippen LogP contribution in [0.25, 0.3) is 0 Å². The first-order valence-corrected chi connectivity index (χ1v) is 8.56. The maximum absolute atomic E-state index is 12.5. The molecule has 4 rings (SSSR count). The molecule has 0 radical (unpaired) electrons. The predicted octanol–water partition coefficient (Wildman–Crippen LogP) is 1.46. The quantitative estimate of drug-likeness (QED) is 0.918. The lowest BCUT2D eigenvalue weighted by molar-refractivity contribution is -0.136. The van der Waals surface area contributed by atoms with Crippen LogP contribution in [0, 0.1) is 5.92 Å². The maximum atomic E-state index is 12.5. The van der Waals surface area contributed by atoms with Crippen LogP contribution in [0.5, 0.6) is 5.75 Å². The van der Waals surface area contributed by atoms with Crippen LogP contribution in [0.3, 0.4) is 0 Å². The van der Waals surface area contributed by atoms with Crippen LogP contribution in [-0.2, 0) is 11.3 Å². The molecule has 25 heavy (non-hydrogen) atoms. The van der Waals surface area contributed by atoms with Crippen molar-refractivity contribution < 1.29 is 9.53 Å². The molecule has 1 amide bonds. The smallest absolute Gasteiger partial charge is 0.273 e. The summed E-state index contributed by atoms with van der Waals surface area (Å²) in [5, 5.41) is 0. The number of para-hydroxylation sites is 1. The molecule has 1 aromatic carbocycles. The van der Waals surface area contributed by atoms with Gasteiger partial charge in [0.1, 0.15) is 5.75 Å². The molecule has 2 atom stereocenters. The lowest BCUT2D eigenvalue weighted by atomic mass is 9.83. The molecular formula is C19H21N3O3. The van der Waals surface area contributed by atoms with Gasteiger partial charge in [0, 0.05) is 31.2 Å². The van der Waals surface area contributed by atoms with Gasteiger partial charge in [0.15, 0.2) is 6.61 Å². The molecule has 2 aromatic rings. The van der Waals surface area contributed by atoms with Crippen molar-refractivity contribution >= 4 is 11.6 Å². The minimum atomic E-state index is -0.112. The van der Waals surface area contributed by atoms with Crippen LogP contribution in [0.2, 0.25) is 0 Å². The first-order chi connectivity index (χ1) is 12.1. The van der Waals surface area contributed by atoms with E-state index in [1.165, 1.54) is 0 Å². The number of carbonyl (C=O) groups excluding carboxylic acids is 1. The molecule has 1 fully saturated rings. The Labute approximate surface area is 145 Å². The van der Waals surface area contributed by atoms with Gasteiger partial charge in [-0.2, -0.15) is 0 Å². The van der Waals surface area contributed by atoms with Gasteiger partial charge in [-0.3, -0.25) is 9.59 Å². The zero-order valence-electron chi connectivity index (χ0n) is 13.9. The summed E-state index contributed by atoms with van der Waals surface area (Å²) in [4.78, 5) is 26.7. The Bertz CT molecular complexity index is 847. The number of nitrogens with zero attached hydrogens (tertiary/aromatic N) is 2. The van der Waals surface area contributed by atoms with Gasteiger partial charge >= 0.3 is 0 Å². The van der Waals surface area contributed by atoms with Crippen molar-refractivity contribution in [1.29, 1.82) is 0 Å². The number of hydrogen-bond acceptors (Lipinski definition) is 4. The standard InChI is InChI=1S/C19H21N3O3/c20-16-6-7-17-14-8-13(10-22(17)19(16)24)9-21(11-14)18(23)12-25-15-4-2-1-3-5-15/h1-7,13-14H,8-12,20H2. The SMILES string of the molecule is Nc1ccc2n(c1=O)CC1CC2CN(C(=O)COc2ccccc2)C1. The fourth-order valence-corrected chi connectivity index (χ4v) is 3.92. The van der Waals surface area contributed by atoms with Crippen molar-refractivity contribution in [2.75, 3.05) is 25.4 Å². The van der Waals surface area contributed by atoms with Crippen molar-refractivity contribution in [2.45, 2.75) is 18.9 Å². The molecule has 2 unspecified atom stereocenters. The molecule has 2 N–H and O–H groups in total. The number of nitrogen functional groups attached to an aromatic ring is 1. The third kappa shape index (κ3) is 2.99. The Hall–Kier alpha value is -2.76. The zero-order chi connectivity index (χ0) is 17.4. The van der Waals surface area contributed by atoms with Gasteiger partial charge in [0.25, 0.3) is 11.5 Å². The summed E-state index contributed by atoms with van der Waals surface area (Å²) in [5.74, 6) is 1.15. The average molecular weight is 339 g/mol. The molecule has 3 heterocycles. The lowest BCUT2D eigenvalue weighted by Gasteiger charge is -2.42. The molecule has 2 aliphatic rings. The van der Waals surface area contributed by atoms with Gasteiger partial charge in [-0.1, -0.05) is 18.2 Å². The number of nitrogens with two attached hydrogens (primary N) is 1. The maximum Gasteiger partial charge on any atom is 0.273 e. The van der Waals surface area contributed by atoms with E-state index in [-0.39, 0.29) is 35.6 Å². The number of carbonyl (C=O) groups is 1. The first-order valence-electron chi connectivity index (χ1n) is 8.56. The number of amides is 1. The van der Waals surface area contributed by atoms with Gasteiger partial charge in [0.05, 0.1) is 5.69 Å². The van der Waals surface area contributed by atoms with Crippen molar-refractivity contribution in [3.63, 3.8) is 0 Å². The number of ether oxygens (including phenoxy) is 1. The van der Waals surface area contributed by atoms with Crippen molar-refractivity contribution in [3.8, 4) is 5.75 Å². The number of pyridine rings is 1. The number of hydrogen-bond donors (Lipinski definition) is 1. The summed E-state index contributed by atoms with van der Waals surface area (Å²) in [6.45, 7) is 1.95. The number of aromatic nitrogens is 1. The highest BCUT2D eigenvalue weighted by Crippen LogP contribution is 2.35. The molecule has 2 aliphatic heterocycles. The molecule has 2 bridgehead atoms. The Morgan fingerprint density at radius 3 is 2.72 bits per heavy atom. The molecule has 0 aliphatic carbocycles. The highest BCUT2D eigenvalue weighted by molar-refractivity contribution is 5.78. The van der Waals surface area contributed by atoms with E-state index in [1.54, 1.807) is 10.6 Å². The van der Waals surface area contributed by atoms with Gasteiger partial charge in [-0.25, -0.2) is 0 Å². The summed E-state index contributed by atoms with van der Waals surface area (Å²) < 4.78 is 7.37. The third-order valence-electron chi connectivity index (χ3n) is 5.09. The molecule has 0 spiro atoms. The Morgan fingerprint density at radius 1 is 1.12 bits per heavy atom.